The van der Waals surface area contributed by atoms with Crippen LogP contribution in [0.4, 0.5) is 0 Å². The third-order valence-electron chi connectivity index (χ3n) is 5.88. The fourth-order valence-electron chi connectivity index (χ4n) is 4.43. The first-order valence-electron chi connectivity index (χ1n) is 10.3. The number of furan rings is 1. The van der Waals surface area contributed by atoms with Gasteiger partial charge in [0, 0.05) is 16.3 Å². The van der Waals surface area contributed by atoms with Crippen molar-refractivity contribution >= 4 is 32.7 Å². The minimum atomic E-state index is 0.935. The molecule has 5 aromatic carbocycles. The summed E-state index contributed by atoms with van der Waals surface area (Å²) in [6.45, 7) is 0. The zero-order valence-corrected chi connectivity index (χ0v) is 16.5. The lowest BCUT2D eigenvalue weighted by Crippen LogP contribution is -1.88. The lowest BCUT2D eigenvalue weighted by Gasteiger charge is -2.10. The fourth-order valence-corrected chi connectivity index (χ4v) is 4.43. The molecule has 0 radical (unpaired) electrons. The Morgan fingerprint density at radius 3 is 2.03 bits per heavy atom. The maximum Gasteiger partial charge on any atom is 0.143 e. The van der Waals surface area contributed by atoms with E-state index >= 15 is 0 Å². The molecule has 1 heterocycles. The van der Waals surface area contributed by atoms with Gasteiger partial charge in [-0.05, 0) is 46.0 Å². The molecular weight excluding hydrogens is 364 g/mol. The van der Waals surface area contributed by atoms with Crippen molar-refractivity contribution in [2.45, 2.75) is 6.42 Å². The Labute approximate surface area is 175 Å². The molecule has 1 aromatic heterocycles. The predicted octanol–water partition coefficient (Wildman–Crippen LogP) is 8.00. The van der Waals surface area contributed by atoms with Crippen molar-refractivity contribution in [1.82, 2.24) is 0 Å². The van der Waals surface area contributed by atoms with Crippen molar-refractivity contribution < 1.29 is 4.42 Å². The Hall–Kier alpha value is -3.84. The summed E-state index contributed by atoms with van der Waals surface area (Å²) in [7, 11) is 0. The van der Waals surface area contributed by atoms with Gasteiger partial charge >= 0.3 is 0 Å². The summed E-state index contributed by atoms with van der Waals surface area (Å²) in [5.74, 6) is 0. The lowest BCUT2D eigenvalue weighted by atomic mass is 9.94. The van der Waals surface area contributed by atoms with Gasteiger partial charge in [0.1, 0.15) is 11.2 Å². The third kappa shape index (κ3) is 2.79. The number of benzene rings is 5. The zero-order valence-electron chi connectivity index (χ0n) is 16.5. The Morgan fingerprint density at radius 1 is 0.533 bits per heavy atom. The number of para-hydroxylation sites is 1. The number of hydrogen-bond donors (Lipinski definition) is 0. The van der Waals surface area contributed by atoms with Crippen LogP contribution in [-0.2, 0) is 6.42 Å². The van der Waals surface area contributed by atoms with Crippen LogP contribution in [0, 0.1) is 0 Å². The van der Waals surface area contributed by atoms with Crippen LogP contribution in [-0.4, -0.2) is 0 Å². The standard InChI is InChI=1S/C29H20O/c1-2-8-20(9-3-1)18-21-14-16-22(17-15-21)28-24-11-5-4-10-23(24)19-26-25-12-6-7-13-27(25)30-29(26)28/h1-17,19H,18H2. The van der Waals surface area contributed by atoms with E-state index in [1.54, 1.807) is 0 Å². The number of rotatable bonds is 3. The molecule has 0 unspecified atom stereocenters. The van der Waals surface area contributed by atoms with E-state index in [9.17, 15) is 0 Å². The Balaban J connectivity index is 1.55. The van der Waals surface area contributed by atoms with Crippen molar-refractivity contribution in [2.75, 3.05) is 0 Å². The molecule has 0 spiro atoms. The van der Waals surface area contributed by atoms with Crippen molar-refractivity contribution in [3.8, 4) is 11.1 Å². The molecule has 0 saturated carbocycles. The summed E-state index contributed by atoms with van der Waals surface area (Å²) in [6, 6.07) is 38.7. The summed E-state index contributed by atoms with van der Waals surface area (Å²) < 4.78 is 6.37. The normalized spacial score (nSPS) is 11.5. The number of hydrogen-bond acceptors (Lipinski definition) is 1. The van der Waals surface area contributed by atoms with Gasteiger partial charge in [-0.1, -0.05) is 97.1 Å². The van der Waals surface area contributed by atoms with Crippen molar-refractivity contribution in [3.05, 3.63) is 120 Å². The molecule has 6 rings (SSSR count). The molecule has 0 amide bonds. The molecule has 0 aliphatic carbocycles. The van der Waals surface area contributed by atoms with Gasteiger partial charge in [0.15, 0.2) is 0 Å². The molecule has 0 saturated heterocycles. The van der Waals surface area contributed by atoms with Crippen LogP contribution in [0.2, 0.25) is 0 Å². The molecule has 6 aromatic rings. The van der Waals surface area contributed by atoms with E-state index in [1.165, 1.54) is 43.8 Å². The van der Waals surface area contributed by atoms with Gasteiger partial charge in [-0.3, -0.25) is 0 Å². The second-order valence-electron chi connectivity index (χ2n) is 7.81. The van der Waals surface area contributed by atoms with Crippen molar-refractivity contribution in [1.29, 1.82) is 0 Å². The molecule has 1 nitrogen and oxygen atoms in total. The van der Waals surface area contributed by atoms with Crippen LogP contribution >= 0.6 is 0 Å². The summed E-state index contributed by atoms with van der Waals surface area (Å²) >= 11 is 0. The number of fused-ring (bicyclic) bond motifs is 4. The Bertz CT molecular complexity index is 1490. The highest BCUT2D eigenvalue weighted by Gasteiger charge is 2.16. The largest absolute Gasteiger partial charge is 0.455 e. The Morgan fingerprint density at radius 2 is 1.20 bits per heavy atom. The topological polar surface area (TPSA) is 13.1 Å². The van der Waals surface area contributed by atoms with Crippen LogP contribution in [0.1, 0.15) is 11.1 Å². The lowest BCUT2D eigenvalue weighted by molar-refractivity contribution is 0.670. The van der Waals surface area contributed by atoms with Gasteiger partial charge in [0.2, 0.25) is 0 Å². The van der Waals surface area contributed by atoms with E-state index in [-0.39, 0.29) is 0 Å². The van der Waals surface area contributed by atoms with E-state index in [0.717, 1.165) is 17.6 Å². The first-order chi connectivity index (χ1) is 14.9. The van der Waals surface area contributed by atoms with E-state index in [2.05, 4.69) is 97.1 Å². The van der Waals surface area contributed by atoms with Gasteiger partial charge in [-0.25, -0.2) is 0 Å². The monoisotopic (exact) mass is 384 g/mol. The molecular formula is C29H20O. The average molecular weight is 384 g/mol. The Kier molecular flexibility index (Phi) is 3.92. The highest BCUT2D eigenvalue weighted by atomic mass is 16.3. The first-order valence-corrected chi connectivity index (χ1v) is 10.3. The molecule has 0 N–H and O–H groups in total. The molecule has 1 heteroatoms. The van der Waals surface area contributed by atoms with Gasteiger partial charge in [0.25, 0.3) is 0 Å². The van der Waals surface area contributed by atoms with Crippen LogP contribution < -0.4 is 0 Å². The molecule has 0 atom stereocenters. The first kappa shape index (κ1) is 17.1. The van der Waals surface area contributed by atoms with Crippen LogP contribution in [0.5, 0.6) is 0 Å². The highest BCUT2D eigenvalue weighted by Crippen LogP contribution is 2.41. The molecule has 0 aliphatic rings. The smallest absolute Gasteiger partial charge is 0.143 e. The minimum Gasteiger partial charge on any atom is -0.455 e. The molecule has 142 valence electrons. The van der Waals surface area contributed by atoms with Crippen LogP contribution in [0.25, 0.3) is 43.8 Å². The van der Waals surface area contributed by atoms with E-state index < -0.39 is 0 Å². The summed E-state index contributed by atoms with van der Waals surface area (Å²) in [6.07, 6.45) is 0.941. The molecule has 0 fully saturated rings. The molecule has 0 aliphatic heterocycles. The second kappa shape index (κ2) is 6.89. The van der Waals surface area contributed by atoms with E-state index in [4.69, 9.17) is 4.42 Å². The minimum absolute atomic E-state index is 0.935. The van der Waals surface area contributed by atoms with Gasteiger partial charge in [-0.15, -0.1) is 0 Å². The molecule has 0 bridgehead atoms. The summed E-state index contributed by atoms with van der Waals surface area (Å²) in [5.41, 5.74) is 6.90. The second-order valence-corrected chi connectivity index (χ2v) is 7.81. The van der Waals surface area contributed by atoms with E-state index in [1.807, 2.05) is 12.1 Å². The average Bonchev–Trinajstić information content (AvgIpc) is 3.17. The van der Waals surface area contributed by atoms with Gasteiger partial charge < -0.3 is 4.42 Å². The zero-order chi connectivity index (χ0) is 19.9. The van der Waals surface area contributed by atoms with Crippen molar-refractivity contribution in [2.24, 2.45) is 0 Å². The fraction of sp³-hybridized carbons (Fsp3) is 0.0345. The maximum atomic E-state index is 6.37. The van der Waals surface area contributed by atoms with E-state index in [0.29, 0.717) is 0 Å². The van der Waals surface area contributed by atoms with Crippen LogP contribution in [0.3, 0.4) is 0 Å². The third-order valence-corrected chi connectivity index (χ3v) is 5.88. The predicted molar refractivity (Wildman–Crippen MR) is 126 cm³/mol. The SMILES string of the molecule is c1ccc(Cc2ccc(-c3c4ccccc4cc4c3oc3ccccc34)cc2)cc1. The van der Waals surface area contributed by atoms with Gasteiger partial charge in [-0.2, -0.15) is 0 Å². The summed E-state index contributed by atoms with van der Waals surface area (Å²) in [5, 5.41) is 4.80. The van der Waals surface area contributed by atoms with Gasteiger partial charge in [0.05, 0.1) is 0 Å². The highest BCUT2D eigenvalue weighted by molar-refractivity contribution is 6.18. The van der Waals surface area contributed by atoms with Crippen molar-refractivity contribution in [3.63, 3.8) is 0 Å². The maximum absolute atomic E-state index is 6.37. The molecule has 30 heavy (non-hydrogen) atoms. The quantitative estimate of drug-likeness (QED) is 0.301. The van der Waals surface area contributed by atoms with Crippen LogP contribution in [0.15, 0.2) is 114 Å². The summed E-state index contributed by atoms with van der Waals surface area (Å²) in [4.78, 5) is 0.